The van der Waals surface area contributed by atoms with Crippen molar-refractivity contribution in [2.75, 3.05) is 5.75 Å². The van der Waals surface area contributed by atoms with Crippen molar-refractivity contribution in [3.05, 3.63) is 29.6 Å². The number of hydrogen-bond donors (Lipinski definition) is 3. The zero-order chi connectivity index (χ0) is 13.7. The lowest BCUT2D eigenvalue weighted by Gasteiger charge is -2.19. The first-order valence-corrected chi connectivity index (χ1v) is 6.39. The first-order valence-electron chi connectivity index (χ1n) is 5.40. The van der Waals surface area contributed by atoms with Crippen molar-refractivity contribution in [3.8, 4) is 5.75 Å². The van der Waals surface area contributed by atoms with Crippen LogP contribution < -0.4 is 0 Å². The minimum absolute atomic E-state index is 0.0922. The second-order valence-corrected chi connectivity index (χ2v) is 5.09. The molecule has 0 spiro atoms. The quantitative estimate of drug-likeness (QED) is 0.760. The standard InChI is InChI=1S/C12H15FO4S/c1-7(14)18-6-5-10(16)12(17)11-8(13)3-2-4-9(11)15/h2-4,10,12,15-17H,5-6H2,1H3. The minimum Gasteiger partial charge on any atom is -0.507 e. The van der Waals surface area contributed by atoms with E-state index in [0.717, 1.165) is 17.8 Å². The Morgan fingerprint density at radius 1 is 1.44 bits per heavy atom. The van der Waals surface area contributed by atoms with E-state index in [4.69, 9.17) is 0 Å². The summed E-state index contributed by atoms with van der Waals surface area (Å²) in [5.74, 6) is -0.857. The lowest BCUT2D eigenvalue weighted by atomic mass is 10.0. The monoisotopic (exact) mass is 274 g/mol. The molecule has 0 heterocycles. The highest BCUT2D eigenvalue weighted by Crippen LogP contribution is 2.30. The summed E-state index contributed by atoms with van der Waals surface area (Å²) in [6, 6.07) is 3.63. The van der Waals surface area contributed by atoms with Crippen LogP contribution in [0.25, 0.3) is 0 Å². The normalized spacial score (nSPS) is 14.2. The maximum Gasteiger partial charge on any atom is 0.185 e. The molecule has 18 heavy (non-hydrogen) atoms. The largest absolute Gasteiger partial charge is 0.507 e. The van der Waals surface area contributed by atoms with Gasteiger partial charge in [-0.25, -0.2) is 4.39 Å². The number of carbonyl (C=O) groups is 1. The van der Waals surface area contributed by atoms with Gasteiger partial charge in [0, 0.05) is 12.7 Å². The van der Waals surface area contributed by atoms with E-state index in [9.17, 15) is 24.5 Å². The molecule has 0 radical (unpaired) electrons. The van der Waals surface area contributed by atoms with Gasteiger partial charge in [-0.2, -0.15) is 0 Å². The summed E-state index contributed by atoms with van der Waals surface area (Å²) in [7, 11) is 0. The van der Waals surface area contributed by atoms with Gasteiger partial charge in [-0.3, -0.25) is 4.79 Å². The molecular weight excluding hydrogens is 259 g/mol. The Balaban J connectivity index is 2.68. The van der Waals surface area contributed by atoms with E-state index in [1.54, 1.807) is 0 Å². The van der Waals surface area contributed by atoms with Gasteiger partial charge >= 0.3 is 0 Å². The van der Waals surface area contributed by atoms with Crippen LogP contribution in [0.15, 0.2) is 18.2 Å². The van der Waals surface area contributed by atoms with Crippen LogP contribution in [0.5, 0.6) is 5.75 Å². The van der Waals surface area contributed by atoms with E-state index in [-0.39, 0.29) is 17.1 Å². The number of aliphatic hydroxyl groups excluding tert-OH is 2. The molecule has 0 aliphatic rings. The summed E-state index contributed by atoms with van der Waals surface area (Å²) in [6.45, 7) is 1.40. The number of phenolic OH excluding ortho intramolecular Hbond substituents is 1. The summed E-state index contributed by atoms with van der Waals surface area (Å²) in [5, 5.41) is 28.8. The number of benzene rings is 1. The second-order valence-electron chi connectivity index (χ2n) is 3.81. The lowest BCUT2D eigenvalue weighted by molar-refractivity contribution is -0.109. The summed E-state index contributed by atoms with van der Waals surface area (Å²) < 4.78 is 13.4. The fourth-order valence-corrected chi connectivity index (χ4v) is 2.14. The van der Waals surface area contributed by atoms with Gasteiger partial charge in [0.05, 0.1) is 11.7 Å². The molecular formula is C12H15FO4S. The van der Waals surface area contributed by atoms with E-state index >= 15 is 0 Å². The maximum absolute atomic E-state index is 13.4. The molecule has 0 amide bonds. The molecule has 1 aromatic carbocycles. The van der Waals surface area contributed by atoms with E-state index in [0.29, 0.717) is 5.75 Å². The number of hydrogen-bond acceptors (Lipinski definition) is 5. The van der Waals surface area contributed by atoms with Gasteiger partial charge in [-0.1, -0.05) is 17.8 Å². The molecule has 0 bridgehead atoms. The molecule has 6 heteroatoms. The van der Waals surface area contributed by atoms with Crippen molar-refractivity contribution in [2.24, 2.45) is 0 Å². The van der Waals surface area contributed by atoms with Crippen molar-refractivity contribution >= 4 is 16.9 Å². The van der Waals surface area contributed by atoms with Gasteiger partial charge in [0.15, 0.2) is 5.12 Å². The third kappa shape index (κ3) is 3.97. The molecule has 0 saturated heterocycles. The Morgan fingerprint density at radius 2 is 2.11 bits per heavy atom. The molecule has 2 unspecified atom stereocenters. The Hall–Kier alpha value is -1.11. The van der Waals surface area contributed by atoms with Crippen LogP contribution >= 0.6 is 11.8 Å². The second kappa shape index (κ2) is 6.72. The van der Waals surface area contributed by atoms with Gasteiger partial charge in [-0.15, -0.1) is 0 Å². The highest BCUT2D eigenvalue weighted by molar-refractivity contribution is 8.13. The number of aliphatic hydroxyl groups is 2. The highest BCUT2D eigenvalue weighted by atomic mass is 32.2. The van der Waals surface area contributed by atoms with Crippen molar-refractivity contribution < 1.29 is 24.5 Å². The summed E-state index contributed by atoms with van der Waals surface area (Å²) in [4.78, 5) is 10.7. The zero-order valence-corrected chi connectivity index (χ0v) is 10.7. The van der Waals surface area contributed by atoms with Gasteiger partial charge in [0.2, 0.25) is 0 Å². The topological polar surface area (TPSA) is 77.8 Å². The Bertz CT molecular complexity index is 404. The third-order valence-corrected chi connectivity index (χ3v) is 3.26. The van der Waals surface area contributed by atoms with Crippen LogP contribution in [-0.4, -0.2) is 32.3 Å². The Kier molecular flexibility index (Phi) is 5.58. The highest BCUT2D eigenvalue weighted by Gasteiger charge is 2.24. The molecule has 0 fully saturated rings. The Labute approximate surface area is 108 Å². The van der Waals surface area contributed by atoms with Gasteiger partial charge in [0.25, 0.3) is 0 Å². The molecule has 4 nitrogen and oxygen atoms in total. The molecule has 1 rings (SSSR count). The fraction of sp³-hybridized carbons (Fsp3) is 0.417. The average Bonchev–Trinajstić information content (AvgIpc) is 2.27. The van der Waals surface area contributed by atoms with Crippen LogP contribution in [-0.2, 0) is 4.79 Å². The van der Waals surface area contributed by atoms with Crippen molar-refractivity contribution in [1.82, 2.24) is 0 Å². The van der Waals surface area contributed by atoms with Crippen LogP contribution in [0.3, 0.4) is 0 Å². The molecule has 0 aliphatic carbocycles. The number of halogens is 1. The average molecular weight is 274 g/mol. The number of rotatable bonds is 5. The molecule has 0 aromatic heterocycles. The van der Waals surface area contributed by atoms with E-state index in [2.05, 4.69) is 0 Å². The van der Waals surface area contributed by atoms with Crippen molar-refractivity contribution in [1.29, 1.82) is 0 Å². The number of phenols is 1. The fourth-order valence-electron chi connectivity index (χ4n) is 1.49. The molecule has 100 valence electrons. The third-order valence-electron chi connectivity index (χ3n) is 2.41. The summed E-state index contributed by atoms with van der Waals surface area (Å²) >= 11 is 1.01. The van der Waals surface area contributed by atoms with Gasteiger partial charge in [0.1, 0.15) is 17.7 Å². The number of aromatic hydroxyl groups is 1. The van der Waals surface area contributed by atoms with Crippen molar-refractivity contribution in [3.63, 3.8) is 0 Å². The van der Waals surface area contributed by atoms with E-state index < -0.39 is 23.8 Å². The smallest absolute Gasteiger partial charge is 0.185 e. The van der Waals surface area contributed by atoms with Gasteiger partial charge < -0.3 is 15.3 Å². The summed E-state index contributed by atoms with van der Waals surface area (Å²) in [6.07, 6.45) is -2.63. The minimum atomic E-state index is -1.52. The lowest BCUT2D eigenvalue weighted by Crippen LogP contribution is -2.20. The predicted molar refractivity (Wildman–Crippen MR) is 66.8 cm³/mol. The molecule has 0 saturated carbocycles. The SMILES string of the molecule is CC(=O)SCCC(O)C(O)c1c(O)cccc1F. The maximum atomic E-state index is 13.4. The van der Waals surface area contributed by atoms with Crippen LogP contribution in [0.1, 0.15) is 25.0 Å². The van der Waals surface area contributed by atoms with Crippen LogP contribution in [0.2, 0.25) is 0 Å². The molecule has 1 aromatic rings. The van der Waals surface area contributed by atoms with E-state index in [1.165, 1.54) is 19.1 Å². The van der Waals surface area contributed by atoms with Crippen LogP contribution in [0.4, 0.5) is 4.39 Å². The number of thioether (sulfide) groups is 1. The predicted octanol–water partition coefficient (Wildman–Crippen LogP) is 1.60. The number of carbonyl (C=O) groups excluding carboxylic acids is 1. The molecule has 0 aliphatic heterocycles. The van der Waals surface area contributed by atoms with Gasteiger partial charge in [-0.05, 0) is 18.6 Å². The summed E-state index contributed by atoms with van der Waals surface area (Å²) in [5.41, 5.74) is -0.321. The first kappa shape index (κ1) is 14.9. The molecule has 2 atom stereocenters. The van der Waals surface area contributed by atoms with Crippen LogP contribution in [0, 0.1) is 5.82 Å². The van der Waals surface area contributed by atoms with E-state index in [1.807, 2.05) is 0 Å². The zero-order valence-electron chi connectivity index (χ0n) is 9.84. The molecule has 3 N–H and O–H groups in total. The van der Waals surface area contributed by atoms with Crippen molar-refractivity contribution in [2.45, 2.75) is 25.6 Å². The first-order chi connectivity index (χ1) is 8.43. The Morgan fingerprint density at radius 3 is 2.67 bits per heavy atom.